The molecule has 0 aliphatic heterocycles. The molecule has 2 atom stereocenters. The molecule has 98 valence electrons. The summed E-state index contributed by atoms with van der Waals surface area (Å²) in [6.07, 6.45) is 0. The number of allylic oxidation sites excluding steroid dienone is 2. The van der Waals surface area contributed by atoms with Crippen molar-refractivity contribution in [2.45, 2.75) is 27.7 Å². The summed E-state index contributed by atoms with van der Waals surface area (Å²) >= 11 is 0. The van der Waals surface area contributed by atoms with Crippen LogP contribution in [0.15, 0.2) is 22.3 Å². The molecule has 0 saturated carbocycles. The number of hydrogen-bond donors (Lipinski definition) is 0. The van der Waals surface area contributed by atoms with Gasteiger partial charge in [-0.05, 0) is 13.8 Å². The van der Waals surface area contributed by atoms with Crippen LogP contribution < -0.4 is 0 Å². The van der Waals surface area contributed by atoms with Crippen LogP contribution in [0.2, 0.25) is 0 Å². The second-order valence-electron chi connectivity index (χ2n) is 5.23. The van der Waals surface area contributed by atoms with Crippen molar-refractivity contribution in [2.75, 3.05) is 14.2 Å². The van der Waals surface area contributed by atoms with Gasteiger partial charge >= 0.3 is 11.9 Å². The molecule has 0 radical (unpaired) electrons. The molecule has 0 fully saturated rings. The zero-order chi connectivity index (χ0) is 13.9. The summed E-state index contributed by atoms with van der Waals surface area (Å²) in [5.41, 5.74) is 2.38. The number of methoxy groups -OCH3 is 2. The first-order chi connectivity index (χ1) is 8.28. The fraction of sp³-hybridized carbons (Fsp3) is 0.571. The Morgan fingerprint density at radius 2 is 1.11 bits per heavy atom. The zero-order valence-electron chi connectivity index (χ0n) is 11.6. The lowest BCUT2D eigenvalue weighted by Gasteiger charge is -2.65. The summed E-state index contributed by atoms with van der Waals surface area (Å²) in [5, 5.41) is 0. The van der Waals surface area contributed by atoms with Crippen LogP contribution in [0.3, 0.4) is 0 Å². The summed E-state index contributed by atoms with van der Waals surface area (Å²) in [4.78, 5) is 23.8. The van der Waals surface area contributed by atoms with Gasteiger partial charge in [-0.15, -0.1) is 0 Å². The van der Waals surface area contributed by atoms with E-state index < -0.39 is 22.8 Å². The first-order valence-electron chi connectivity index (χ1n) is 5.88. The molecule has 0 bridgehead atoms. The average Bonchev–Trinajstić information content (AvgIpc) is 2.39. The first kappa shape index (κ1) is 12.9. The largest absolute Gasteiger partial charge is 0.466 e. The zero-order valence-corrected chi connectivity index (χ0v) is 11.6. The van der Waals surface area contributed by atoms with Crippen molar-refractivity contribution in [3.05, 3.63) is 22.3 Å². The predicted octanol–water partition coefficient (Wildman–Crippen LogP) is 2.01. The third-order valence-corrected chi connectivity index (χ3v) is 5.09. The molecule has 0 aromatic carbocycles. The van der Waals surface area contributed by atoms with Crippen LogP contribution in [0.25, 0.3) is 0 Å². The lowest BCUT2D eigenvalue weighted by atomic mass is 9.35. The van der Waals surface area contributed by atoms with E-state index in [9.17, 15) is 9.59 Å². The standard InChI is InChI=1S/C14H18O4/c1-7-8(2)14(4)10(12(16)18-6)9(11(15)17-5)13(7,14)3/h1-6H3/t13-,14-/m1/s1. The second kappa shape index (κ2) is 3.46. The summed E-state index contributed by atoms with van der Waals surface area (Å²) < 4.78 is 9.60. The minimum Gasteiger partial charge on any atom is -0.466 e. The number of ether oxygens (including phenoxy) is 2. The van der Waals surface area contributed by atoms with Gasteiger partial charge in [-0.2, -0.15) is 0 Å². The molecule has 0 saturated heterocycles. The molecule has 2 rings (SSSR count). The van der Waals surface area contributed by atoms with Gasteiger partial charge in [0.15, 0.2) is 0 Å². The van der Waals surface area contributed by atoms with Crippen LogP contribution in [0.1, 0.15) is 27.7 Å². The van der Waals surface area contributed by atoms with Crippen molar-refractivity contribution in [1.82, 2.24) is 0 Å². The maximum absolute atomic E-state index is 11.9. The van der Waals surface area contributed by atoms with Crippen LogP contribution in [0.5, 0.6) is 0 Å². The Morgan fingerprint density at radius 1 is 0.833 bits per heavy atom. The third kappa shape index (κ3) is 0.982. The Hall–Kier alpha value is -1.58. The van der Waals surface area contributed by atoms with Crippen LogP contribution in [-0.4, -0.2) is 26.2 Å². The fourth-order valence-electron chi connectivity index (χ4n) is 3.57. The number of carbonyl (C=O) groups excluding carboxylic acids is 2. The molecule has 0 amide bonds. The number of esters is 2. The van der Waals surface area contributed by atoms with Gasteiger partial charge < -0.3 is 9.47 Å². The van der Waals surface area contributed by atoms with Gasteiger partial charge in [0.05, 0.1) is 25.4 Å². The van der Waals surface area contributed by atoms with Gasteiger partial charge in [-0.1, -0.05) is 25.0 Å². The number of rotatable bonds is 2. The van der Waals surface area contributed by atoms with Crippen molar-refractivity contribution in [2.24, 2.45) is 10.8 Å². The summed E-state index contributed by atoms with van der Waals surface area (Å²) in [7, 11) is 2.65. The van der Waals surface area contributed by atoms with Gasteiger partial charge in [0.2, 0.25) is 0 Å². The van der Waals surface area contributed by atoms with Crippen LogP contribution in [-0.2, 0) is 19.1 Å². The molecular formula is C14H18O4. The Bertz CT molecular complexity index is 480. The minimum atomic E-state index is -0.442. The topological polar surface area (TPSA) is 52.6 Å². The molecule has 0 spiro atoms. The maximum atomic E-state index is 11.9. The molecule has 2 aliphatic carbocycles. The van der Waals surface area contributed by atoms with Crippen LogP contribution in [0.4, 0.5) is 0 Å². The Morgan fingerprint density at radius 3 is 1.33 bits per heavy atom. The van der Waals surface area contributed by atoms with E-state index in [2.05, 4.69) is 0 Å². The maximum Gasteiger partial charge on any atom is 0.335 e. The normalized spacial score (nSPS) is 33.4. The molecule has 0 heterocycles. The van der Waals surface area contributed by atoms with E-state index in [4.69, 9.17) is 9.47 Å². The lowest BCUT2D eigenvalue weighted by molar-refractivity contribution is -0.146. The highest BCUT2D eigenvalue weighted by Gasteiger charge is 2.71. The summed E-state index contributed by atoms with van der Waals surface area (Å²) in [6, 6.07) is 0. The highest BCUT2D eigenvalue weighted by atomic mass is 16.5. The molecule has 2 aliphatic rings. The van der Waals surface area contributed by atoms with E-state index in [0.717, 1.165) is 11.1 Å². The number of carbonyl (C=O) groups is 2. The molecule has 4 nitrogen and oxygen atoms in total. The van der Waals surface area contributed by atoms with Gasteiger partial charge in [-0.25, -0.2) is 9.59 Å². The minimum absolute atomic E-state index is 0.395. The summed E-state index contributed by atoms with van der Waals surface area (Å²) in [6.45, 7) is 7.95. The van der Waals surface area contributed by atoms with Gasteiger partial charge in [-0.3, -0.25) is 0 Å². The Kier molecular flexibility index (Phi) is 2.48. The molecule has 0 aromatic heterocycles. The fourth-order valence-corrected chi connectivity index (χ4v) is 3.57. The molecule has 18 heavy (non-hydrogen) atoms. The molecular weight excluding hydrogens is 232 g/mol. The van der Waals surface area contributed by atoms with Crippen LogP contribution >= 0.6 is 0 Å². The highest BCUT2D eigenvalue weighted by Crippen LogP contribution is 2.75. The van der Waals surface area contributed by atoms with Crippen molar-refractivity contribution in [3.8, 4) is 0 Å². The Labute approximate surface area is 107 Å². The van der Waals surface area contributed by atoms with Gasteiger partial charge in [0.1, 0.15) is 0 Å². The van der Waals surface area contributed by atoms with E-state index in [0.29, 0.717) is 11.1 Å². The SMILES string of the molecule is COC(=O)C1=C(C(=O)OC)[C@@]2(C)C(C)=C(C)[C@]12C. The predicted molar refractivity (Wildman–Crippen MR) is 65.6 cm³/mol. The number of hydrogen-bond acceptors (Lipinski definition) is 4. The molecule has 0 unspecified atom stereocenters. The van der Waals surface area contributed by atoms with E-state index in [1.165, 1.54) is 14.2 Å². The first-order valence-corrected chi connectivity index (χ1v) is 5.88. The Balaban J connectivity index is 2.63. The molecule has 0 aromatic rings. The van der Waals surface area contributed by atoms with E-state index >= 15 is 0 Å². The number of fused-ring (bicyclic) bond motifs is 1. The van der Waals surface area contributed by atoms with Crippen molar-refractivity contribution in [3.63, 3.8) is 0 Å². The summed E-state index contributed by atoms with van der Waals surface area (Å²) in [5.74, 6) is -0.885. The average molecular weight is 250 g/mol. The molecule has 0 N–H and O–H groups in total. The van der Waals surface area contributed by atoms with E-state index in [1.54, 1.807) is 0 Å². The van der Waals surface area contributed by atoms with E-state index in [-0.39, 0.29) is 0 Å². The third-order valence-electron chi connectivity index (χ3n) is 5.09. The molecule has 4 heteroatoms. The second-order valence-corrected chi connectivity index (χ2v) is 5.23. The smallest absolute Gasteiger partial charge is 0.335 e. The van der Waals surface area contributed by atoms with E-state index in [1.807, 2.05) is 27.7 Å². The lowest BCUT2D eigenvalue weighted by Crippen LogP contribution is -2.62. The van der Waals surface area contributed by atoms with Crippen molar-refractivity contribution < 1.29 is 19.1 Å². The monoisotopic (exact) mass is 250 g/mol. The highest BCUT2D eigenvalue weighted by molar-refractivity contribution is 6.09. The van der Waals surface area contributed by atoms with Crippen molar-refractivity contribution >= 4 is 11.9 Å². The van der Waals surface area contributed by atoms with Gasteiger partial charge in [0, 0.05) is 10.8 Å². The van der Waals surface area contributed by atoms with Gasteiger partial charge in [0.25, 0.3) is 0 Å². The quantitative estimate of drug-likeness (QED) is 0.555. The van der Waals surface area contributed by atoms with Crippen molar-refractivity contribution in [1.29, 1.82) is 0 Å². The van der Waals surface area contributed by atoms with Crippen LogP contribution in [0, 0.1) is 10.8 Å².